The lowest BCUT2D eigenvalue weighted by atomic mass is 10.1. The van der Waals surface area contributed by atoms with E-state index in [-0.39, 0.29) is 6.04 Å². The Hall–Kier alpha value is -1.24. The topological polar surface area (TPSA) is 68.8 Å². The van der Waals surface area contributed by atoms with Crippen LogP contribution in [0, 0.1) is 6.92 Å². The van der Waals surface area contributed by atoms with E-state index in [1.807, 2.05) is 36.4 Å². The van der Waals surface area contributed by atoms with Gasteiger partial charge in [-0.05, 0) is 13.3 Å². The van der Waals surface area contributed by atoms with E-state index in [4.69, 9.17) is 5.84 Å². The number of rotatable bonds is 5. The first-order valence-electron chi connectivity index (χ1n) is 5.54. The molecular weight excluding hydrogens is 234 g/mol. The largest absolute Gasteiger partial charge is 0.338 e. The van der Waals surface area contributed by atoms with E-state index in [1.165, 1.54) is 4.88 Å². The van der Waals surface area contributed by atoms with Gasteiger partial charge >= 0.3 is 0 Å². The van der Waals surface area contributed by atoms with Gasteiger partial charge in [-0.3, -0.25) is 11.3 Å². The highest BCUT2D eigenvalue weighted by Crippen LogP contribution is 2.24. The summed E-state index contributed by atoms with van der Waals surface area (Å²) in [5, 5.41) is 0. The molecule has 2 aromatic rings. The average Bonchev–Trinajstić information content (AvgIpc) is 2.90. The molecule has 0 amide bonds. The number of hydrogen-bond donors (Lipinski definition) is 2. The van der Waals surface area contributed by atoms with Crippen LogP contribution in [0.3, 0.4) is 0 Å². The van der Waals surface area contributed by atoms with Gasteiger partial charge in [-0.1, -0.05) is 0 Å². The fourth-order valence-electron chi connectivity index (χ4n) is 1.85. The van der Waals surface area contributed by atoms with E-state index in [1.54, 1.807) is 11.3 Å². The number of imidazole rings is 1. The molecule has 0 saturated heterocycles. The molecule has 2 rings (SSSR count). The van der Waals surface area contributed by atoms with E-state index >= 15 is 0 Å². The zero-order chi connectivity index (χ0) is 12.3. The molecule has 92 valence electrons. The van der Waals surface area contributed by atoms with Gasteiger partial charge in [0.15, 0.2) is 0 Å². The van der Waals surface area contributed by atoms with Crippen molar-refractivity contribution in [2.45, 2.75) is 25.8 Å². The Morgan fingerprint density at radius 1 is 1.53 bits per heavy atom. The highest BCUT2D eigenvalue weighted by molar-refractivity contribution is 7.09. The summed E-state index contributed by atoms with van der Waals surface area (Å²) in [6.07, 6.45) is 5.59. The van der Waals surface area contributed by atoms with Crippen molar-refractivity contribution in [3.63, 3.8) is 0 Å². The Balaban J connectivity index is 2.02. The third-order valence-corrected chi connectivity index (χ3v) is 3.92. The first-order valence-corrected chi connectivity index (χ1v) is 6.42. The Labute approximate surface area is 105 Å². The van der Waals surface area contributed by atoms with Gasteiger partial charge in [0.2, 0.25) is 0 Å². The summed E-state index contributed by atoms with van der Waals surface area (Å²) >= 11 is 1.64. The second-order valence-corrected chi connectivity index (χ2v) is 4.90. The van der Waals surface area contributed by atoms with E-state index in [0.717, 1.165) is 24.4 Å². The van der Waals surface area contributed by atoms with Crippen molar-refractivity contribution >= 4 is 11.3 Å². The Kier molecular flexibility index (Phi) is 3.88. The van der Waals surface area contributed by atoms with Crippen molar-refractivity contribution in [2.24, 2.45) is 12.9 Å². The lowest BCUT2D eigenvalue weighted by molar-refractivity contribution is 0.511. The highest BCUT2D eigenvalue weighted by Gasteiger charge is 2.15. The summed E-state index contributed by atoms with van der Waals surface area (Å²) in [5.41, 5.74) is 5.77. The maximum atomic E-state index is 5.61. The minimum atomic E-state index is 0.152. The third kappa shape index (κ3) is 2.71. The normalized spacial score (nSPS) is 12.9. The summed E-state index contributed by atoms with van der Waals surface area (Å²) in [7, 11) is 2.01. The Bertz CT molecular complexity index is 476. The molecule has 0 bridgehead atoms. The minimum Gasteiger partial charge on any atom is -0.338 e. The van der Waals surface area contributed by atoms with Crippen LogP contribution in [0.15, 0.2) is 17.9 Å². The predicted octanol–water partition coefficient (Wildman–Crippen LogP) is 1.32. The van der Waals surface area contributed by atoms with Crippen LogP contribution in [-0.4, -0.2) is 14.5 Å². The number of aromatic nitrogens is 3. The van der Waals surface area contributed by atoms with Crippen LogP contribution >= 0.6 is 11.3 Å². The number of nitrogens with zero attached hydrogens (tertiary/aromatic N) is 3. The van der Waals surface area contributed by atoms with Crippen LogP contribution in [0.5, 0.6) is 0 Å². The number of hydrogen-bond acceptors (Lipinski definition) is 5. The van der Waals surface area contributed by atoms with Gasteiger partial charge in [0.05, 0.1) is 17.2 Å². The molecule has 0 saturated carbocycles. The molecule has 3 N–H and O–H groups in total. The molecule has 0 fully saturated rings. The molecule has 6 heteroatoms. The van der Waals surface area contributed by atoms with Crippen molar-refractivity contribution in [3.8, 4) is 0 Å². The zero-order valence-corrected chi connectivity index (χ0v) is 10.9. The van der Waals surface area contributed by atoms with Gasteiger partial charge in [0.25, 0.3) is 0 Å². The highest BCUT2D eigenvalue weighted by atomic mass is 32.1. The monoisotopic (exact) mass is 251 g/mol. The molecule has 0 aliphatic heterocycles. The van der Waals surface area contributed by atoms with Gasteiger partial charge in [0.1, 0.15) is 5.82 Å². The maximum absolute atomic E-state index is 5.61. The van der Waals surface area contributed by atoms with Crippen LogP contribution in [0.4, 0.5) is 0 Å². The third-order valence-electron chi connectivity index (χ3n) is 2.88. The molecule has 1 unspecified atom stereocenters. The predicted molar refractivity (Wildman–Crippen MR) is 68.4 cm³/mol. The van der Waals surface area contributed by atoms with Crippen LogP contribution in [0.1, 0.15) is 28.9 Å². The summed E-state index contributed by atoms with van der Waals surface area (Å²) < 4.78 is 2.03. The lowest BCUT2D eigenvalue weighted by Gasteiger charge is -2.14. The van der Waals surface area contributed by atoms with E-state index < -0.39 is 0 Å². The van der Waals surface area contributed by atoms with Crippen molar-refractivity contribution in [3.05, 3.63) is 34.3 Å². The molecule has 0 aromatic carbocycles. The first kappa shape index (κ1) is 12.2. The summed E-state index contributed by atoms with van der Waals surface area (Å²) in [5.74, 6) is 6.69. The molecule has 2 heterocycles. The van der Waals surface area contributed by atoms with Gasteiger partial charge in [-0.25, -0.2) is 9.97 Å². The van der Waals surface area contributed by atoms with Gasteiger partial charge in [-0.2, -0.15) is 0 Å². The molecule has 0 spiro atoms. The van der Waals surface area contributed by atoms with Crippen LogP contribution in [0.2, 0.25) is 0 Å². The smallest absolute Gasteiger partial charge is 0.108 e. The lowest BCUT2D eigenvalue weighted by Crippen LogP contribution is -2.28. The van der Waals surface area contributed by atoms with Gasteiger partial charge in [-0.15, -0.1) is 11.3 Å². The van der Waals surface area contributed by atoms with E-state index in [0.29, 0.717) is 0 Å². The zero-order valence-electron chi connectivity index (χ0n) is 10.1. The van der Waals surface area contributed by atoms with Gasteiger partial charge < -0.3 is 4.57 Å². The van der Waals surface area contributed by atoms with Crippen molar-refractivity contribution < 1.29 is 0 Å². The first-order chi connectivity index (χ1) is 8.22. The summed E-state index contributed by atoms with van der Waals surface area (Å²) in [6, 6.07) is 0.152. The standard InChI is InChI=1S/C11H17N5S/c1-8-11(17-7-14-8)9(15-12)3-4-10-13-5-6-16(10)2/h5-7,9,15H,3-4,12H2,1-2H3. The minimum absolute atomic E-state index is 0.152. The summed E-state index contributed by atoms with van der Waals surface area (Å²) in [6.45, 7) is 2.01. The molecule has 2 aromatic heterocycles. The molecule has 1 atom stereocenters. The average molecular weight is 251 g/mol. The SMILES string of the molecule is Cc1ncsc1C(CCc1nccn1C)NN. The molecule has 0 radical (unpaired) electrons. The number of thiazole rings is 1. The van der Waals surface area contributed by atoms with Crippen LogP contribution in [-0.2, 0) is 13.5 Å². The molecule has 5 nitrogen and oxygen atoms in total. The second kappa shape index (κ2) is 5.39. The van der Waals surface area contributed by atoms with Crippen molar-refractivity contribution in [2.75, 3.05) is 0 Å². The van der Waals surface area contributed by atoms with E-state index in [9.17, 15) is 0 Å². The summed E-state index contributed by atoms with van der Waals surface area (Å²) in [4.78, 5) is 9.77. The van der Waals surface area contributed by atoms with Gasteiger partial charge in [0, 0.05) is 30.7 Å². The Morgan fingerprint density at radius 2 is 2.35 bits per heavy atom. The fourth-order valence-corrected chi connectivity index (χ4v) is 2.74. The van der Waals surface area contributed by atoms with Crippen molar-refractivity contribution in [1.82, 2.24) is 20.0 Å². The number of aryl methyl sites for hydroxylation is 3. The molecule has 17 heavy (non-hydrogen) atoms. The number of hydrazine groups is 1. The van der Waals surface area contributed by atoms with Crippen LogP contribution < -0.4 is 11.3 Å². The van der Waals surface area contributed by atoms with Crippen molar-refractivity contribution in [1.29, 1.82) is 0 Å². The number of nitrogens with two attached hydrogens (primary N) is 1. The van der Waals surface area contributed by atoms with E-state index in [2.05, 4.69) is 15.4 Å². The fraction of sp³-hybridized carbons (Fsp3) is 0.455. The second-order valence-electron chi connectivity index (χ2n) is 4.01. The quantitative estimate of drug-likeness (QED) is 0.621. The maximum Gasteiger partial charge on any atom is 0.108 e. The molecule has 0 aliphatic rings. The van der Waals surface area contributed by atoms with Crippen LogP contribution in [0.25, 0.3) is 0 Å². The molecular formula is C11H17N5S. The molecule has 0 aliphatic carbocycles. The number of nitrogens with one attached hydrogen (secondary N) is 1. The Morgan fingerprint density at radius 3 is 2.88 bits per heavy atom.